The number of rotatable bonds is 2. The summed E-state index contributed by atoms with van der Waals surface area (Å²) in [5.74, 6) is -0.142. The number of hydrogen-bond donors (Lipinski definition) is 1. The molecule has 0 saturated carbocycles. The maximum atomic E-state index is 11.8. The molecular formula is C11H9Br2ClN2OS. The fourth-order valence-corrected chi connectivity index (χ4v) is 3.34. The smallest absolute Gasteiger partial charge is 0.242 e. The Bertz CT molecular complexity index is 621. The van der Waals surface area contributed by atoms with Gasteiger partial charge in [-0.05, 0) is 26.0 Å². The summed E-state index contributed by atoms with van der Waals surface area (Å²) in [5, 5.41) is 3.87. The van der Waals surface area contributed by atoms with E-state index in [0.29, 0.717) is 15.7 Å². The molecule has 3 nitrogen and oxygen atoms in total. The molecular weight excluding hydrogens is 403 g/mol. The van der Waals surface area contributed by atoms with Crippen LogP contribution in [0.2, 0.25) is 5.02 Å². The molecule has 1 amide bonds. The summed E-state index contributed by atoms with van der Waals surface area (Å²) >= 11 is 14.2. The van der Waals surface area contributed by atoms with E-state index in [1.54, 1.807) is 19.9 Å². The highest BCUT2D eigenvalue weighted by Gasteiger charge is 2.24. The molecule has 0 saturated heterocycles. The van der Waals surface area contributed by atoms with Gasteiger partial charge in [0.1, 0.15) is 5.52 Å². The molecule has 96 valence electrons. The molecule has 0 atom stereocenters. The largest absolute Gasteiger partial charge is 0.301 e. The Kier molecular flexibility index (Phi) is 4.02. The number of benzene rings is 1. The van der Waals surface area contributed by atoms with Crippen LogP contribution in [0.1, 0.15) is 13.8 Å². The van der Waals surface area contributed by atoms with E-state index in [1.165, 1.54) is 11.3 Å². The van der Waals surface area contributed by atoms with Crippen LogP contribution in [0.25, 0.3) is 10.2 Å². The van der Waals surface area contributed by atoms with Crippen LogP contribution in [0.15, 0.2) is 16.6 Å². The van der Waals surface area contributed by atoms with Crippen molar-refractivity contribution in [2.75, 3.05) is 5.32 Å². The molecule has 1 aromatic carbocycles. The number of halogens is 3. The topological polar surface area (TPSA) is 42.0 Å². The van der Waals surface area contributed by atoms with Gasteiger partial charge in [-0.1, -0.05) is 54.8 Å². The SMILES string of the molecule is CC(C)(Br)C(=O)Nc1nc2c(Cl)cc(Br)cc2s1. The Morgan fingerprint density at radius 1 is 1.50 bits per heavy atom. The zero-order valence-electron chi connectivity index (χ0n) is 9.55. The lowest BCUT2D eigenvalue weighted by Gasteiger charge is -2.13. The van der Waals surface area contributed by atoms with E-state index in [-0.39, 0.29) is 5.91 Å². The Morgan fingerprint density at radius 3 is 2.78 bits per heavy atom. The summed E-state index contributed by atoms with van der Waals surface area (Å²) in [6, 6.07) is 3.71. The Morgan fingerprint density at radius 2 is 2.17 bits per heavy atom. The zero-order chi connectivity index (χ0) is 13.5. The molecule has 7 heteroatoms. The minimum absolute atomic E-state index is 0.142. The van der Waals surface area contributed by atoms with Crippen LogP contribution < -0.4 is 5.32 Å². The average Bonchev–Trinajstić information content (AvgIpc) is 2.58. The molecule has 0 unspecified atom stereocenters. The van der Waals surface area contributed by atoms with Gasteiger partial charge in [0.15, 0.2) is 5.13 Å². The van der Waals surface area contributed by atoms with Crippen molar-refractivity contribution in [1.29, 1.82) is 0 Å². The molecule has 2 rings (SSSR count). The van der Waals surface area contributed by atoms with Crippen LogP contribution in [0.5, 0.6) is 0 Å². The van der Waals surface area contributed by atoms with Gasteiger partial charge in [0.25, 0.3) is 0 Å². The van der Waals surface area contributed by atoms with E-state index in [2.05, 4.69) is 42.2 Å². The normalized spacial score (nSPS) is 11.8. The highest BCUT2D eigenvalue weighted by atomic mass is 79.9. The van der Waals surface area contributed by atoms with Crippen LogP contribution >= 0.6 is 54.8 Å². The Hall–Kier alpha value is -0.170. The number of fused-ring (bicyclic) bond motifs is 1. The van der Waals surface area contributed by atoms with Gasteiger partial charge in [-0.2, -0.15) is 0 Å². The lowest BCUT2D eigenvalue weighted by Crippen LogP contribution is -2.30. The summed E-state index contributed by atoms with van der Waals surface area (Å²) in [4.78, 5) is 16.1. The third-order valence-electron chi connectivity index (χ3n) is 2.17. The van der Waals surface area contributed by atoms with E-state index in [1.807, 2.05) is 6.07 Å². The van der Waals surface area contributed by atoms with Gasteiger partial charge < -0.3 is 5.32 Å². The third kappa shape index (κ3) is 3.04. The summed E-state index contributed by atoms with van der Waals surface area (Å²) in [6.45, 7) is 3.55. The number of thiazole rings is 1. The third-order valence-corrected chi connectivity index (χ3v) is 4.20. The fourth-order valence-electron chi connectivity index (χ4n) is 1.26. The fraction of sp³-hybridized carbons (Fsp3) is 0.273. The number of carbonyl (C=O) groups is 1. The van der Waals surface area contributed by atoms with Gasteiger partial charge in [0.05, 0.1) is 14.0 Å². The van der Waals surface area contributed by atoms with Crippen molar-refractivity contribution in [2.45, 2.75) is 18.2 Å². The lowest BCUT2D eigenvalue weighted by atomic mass is 10.2. The summed E-state index contributed by atoms with van der Waals surface area (Å²) < 4.78 is 1.19. The maximum absolute atomic E-state index is 11.8. The van der Waals surface area contributed by atoms with E-state index in [0.717, 1.165) is 9.17 Å². The van der Waals surface area contributed by atoms with Crippen molar-refractivity contribution >= 4 is 76.1 Å². The summed E-state index contributed by atoms with van der Waals surface area (Å²) in [6.07, 6.45) is 0. The van der Waals surface area contributed by atoms with Crippen molar-refractivity contribution in [3.63, 3.8) is 0 Å². The van der Waals surface area contributed by atoms with Gasteiger partial charge in [-0.3, -0.25) is 4.79 Å². The minimum Gasteiger partial charge on any atom is -0.301 e. The van der Waals surface area contributed by atoms with Gasteiger partial charge in [-0.15, -0.1) is 0 Å². The van der Waals surface area contributed by atoms with Crippen LogP contribution in [0.3, 0.4) is 0 Å². The quantitative estimate of drug-likeness (QED) is 0.719. The second-order valence-corrected chi connectivity index (χ2v) is 8.52. The van der Waals surface area contributed by atoms with E-state index in [4.69, 9.17) is 11.6 Å². The monoisotopic (exact) mass is 410 g/mol. The minimum atomic E-state index is -0.630. The molecule has 0 bridgehead atoms. The molecule has 18 heavy (non-hydrogen) atoms. The number of nitrogens with zero attached hydrogens (tertiary/aromatic N) is 1. The van der Waals surface area contributed by atoms with E-state index in [9.17, 15) is 4.79 Å². The predicted molar refractivity (Wildman–Crippen MR) is 84.0 cm³/mol. The predicted octanol–water partition coefficient (Wildman–Crippen LogP) is 4.82. The second-order valence-electron chi connectivity index (χ2n) is 4.18. The van der Waals surface area contributed by atoms with Gasteiger partial charge in [-0.25, -0.2) is 4.98 Å². The van der Waals surface area contributed by atoms with Crippen molar-refractivity contribution in [2.24, 2.45) is 0 Å². The highest BCUT2D eigenvalue weighted by Crippen LogP contribution is 2.34. The molecule has 0 radical (unpaired) electrons. The lowest BCUT2D eigenvalue weighted by molar-refractivity contribution is -0.117. The molecule has 0 spiro atoms. The number of alkyl halides is 1. The van der Waals surface area contributed by atoms with Crippen molar-refractivity contribution in [1.82, 2.24) is 4.98 Å². The van der Waals surface area contributed by atoms with Crippen LogP contribution in [-0.2, 0) is 4.79 Å². The highest BCUT2D eigenvalue weighted by molar-refractivity contribution is 9.10. The first-order valence-electron chi connectivity index (χ1n) is 5.03. The standard InChI is InChI=1S/C11H9Br2ClN2OS/c1-11(2,13)9(17)16-10-15-8-6(14)3-5(12)4-7(8)18-10/h3-4H,1-2H3,(H,15,16,17). The second kappa shape index (κ2) is 5.07. The van der Waals surface area contributed by atoms with Crippen molar-refractivity contribution < 1.29 is 4.79 Å². The molecule has 1 heterocycles. The molecule has 1 aromatic heterocycles. The Balaban J connectivity index is 2.37. The first-order chi connectivity index (χ1) is 8.27. The molecule has 0 fully saturated rings. The number of aromatic nitrogens is 1. The average molecular weight is 413 g/mol. The van der Waals surface area contributed by atoms with Gasteiger partial charge >= 0.3 is 0 Å². The zero-order valence-corrected chi connectivity index (χ0v) is 14.3. The number of hydrogen-bond acceptors (Lipinski definition) is 3. The van der Waals surface area contributed by atoms with Crippen molar-refractivity contribution in [3.8, 4) is 0 Å². The molecule has 2 aromatic rings. The van der Waals surface area contributed by atoms with Crippen molar-refractivity contribution in [3.05, 3.63) is 21.6 Å². The van der Waals surface area contributed by atoms with E-state index < -0.39 is 4.32 Å². The van der Waals surface area contributed by atoms with Gasteiger partial charge in [0.2, 0.25) is 5.91 Å². The number of anilines is 1. The summed E-state index contributed by atoms with van der Waals surface area (Å²) in [7, 11) is 0. The number of nitrogens with one attached hydrogen (secondary N) is 1. The maximum Gasteiger partial charge on any atom is 0.242 e. The molecule has 0 aliphatic rings. The summed E-state index contributed by atoms with van der Waals surface area (Å²) in [5.41, 5.74) is 0.701. The van der Waals surface area contributed by atoms with E-state index >= 15 is 0 Å². The van der Waals surface area contributed by atoms with Crippen LogP contribution in [-0.4, -0.2) is 15.2 Å². The Labute approximate surface area is 130 Å². The molecule has 0 aliphatic carbocycles. The van der Waals surface area contributed by atoms with Crippen LogP contribution in [0.4, 0.5) is 5.13 Å². The number of amides is 1. The first kappa shape index (κ1) is 14.2. The van der Waals surface area contributed by atoms with Gasteiger partial charge in [0, 0.05) is 4.47 Å². The molecule has 0 aliphatic heterocycles. The first-order valence-corrected chi connectivity index (χ1v) is 7.81. The molecule has 1 N–H and O–H groups in total. The number of carbonyl (C=O) groups excluding carboxylic acids is 1. The van der Waals surface area contributed by atoms with Crippen LogP contribution in [0, 0.1) is 0 Å².